The second-order valence-corrected chi connectivity index (χ2v) is 5.30. The van der Waals surface area contributed by atoms with Gasteiger partial charge >= 0.3 is 0 Å². The molecule has 0 spiro atoms. The standard InChI is InChI=1S/C16H14ClNO2/c17-14-7-13-6-12-5-11(16(20)9-19)2-1-10(12)3-4-15(13)18-8-14/h1-5,7-8,16,19-20H,6,9H2. The molecule has 0 fully saturated rings. The first-order valence-electron chi connectivity index (χ1n) is 6.41. The van der Waals surface area contributed by atoms with Crippen molar-refractivity contribution in [2.75, 3.05) is 6.61 Å². The third kappa shape index (κ3) is 2.48. The van der Waals surface area contributed by atoms with E-state index in [0.29, 0.717) is 11.4 Å². The summed E-state index contributed by atoms with van der Waals surface area (Å²) in [6.07, 6.45) is 5.49. The van der Waals surface area contributed by atoms with E-state index in [9.17, 15) is 5.11 Å². The molecular formula is C16H14ClNO2. The molecule has 1 aromatic heterocycles. The summed E-state index contributed by atoms with van der Waals surface area (Å²) in [5.41, 5.74) is 4.87. The highest BCUT2D eigenvalue weighted by Crippen LogP contribution is 2.27. The summed E-state index contributed by atoms with van der Waals surface area (Å²) in [5.74, 6) is 0. The second kappa shape index (κ2) is 5.37. The number of fused-ring (bicyclic) bond motifs is 2. The van der Waals surface area contributed by atoms with Gasteiger partial charge in [0.25, 0.3) is 0 Å². The number of benzene rings is 1. The van der Waals surface area contributed by atoms with Crippen molar-refractivity contribution in [3.63, 3.8) is 0 Å². The van der Waals surface area contributed by atoms with Crippen LogP contribution in [0.1, 0.15) is 34.1 Å². The highest BCUT2D eigenvalue weighted by molar-refractivity contribution is 6.30. The SMILES string of the molecule is OCC(O)c1ccc2c(c1)Cc1cc(Cl)cnc1C=C2. The van der Waals surface area contributed by atoms with Gasteiger partial charge in [-0.15, -0.1) is 0 Å². The van der Waals surface area contributed by atoms with Crippen molar-refractivity contribution in [2.45, 2.75) is 12.5 Å². The van der Waals surface area contributed by atoms with Crippen LogP contribution in [0, 0.1) is 0 Å². The summed E-state index contributed by atoms with van der Waals surface area (Å²) in [4.78, 5) is 4.33. The molecule has 102 valence electrons. The largest absolute Gasteiger partial charge is 0.393 e. The molecule has 1 heterocycles. The van der Waals surface area contributed by atoms with E-state index in [4.69, 9.17) is 16.7 Å². The lowest BCUT2D eigenvalue weighted by Gasteiger charge is -2.12. The van der Waals surface area contributed by atoms with E-state index in [2.05, 4.69) is 4.98 Å². The van der Waals surface area contributed by atoms with Gasteiger partial charge in [-0.25, -0.2) is 0 Å². The summed E-state index contributed by atoms with van der Waals surface area (Å²) < 4.78 is 0. The van der Waals surface area contributed by atoms with Crippen molar-refractivity contribution in [3.05, 3.63) is 63.4 Å². The van der Waals surface area contributed by atoms with E-state index < -0.39 is 6.10 Å². The Kier molecular flexibility index (Phi) is 3.57. The van der Waals surface area contributed by atoms with Crippen LogP contribution in [0.15, 0.2) is 30.5 Å². The van der Waals surface area contributed by atoms with Gasteiger partial charge in [-0.2, -0.15) is 0 Å². The van der Waals surface area contributed by atoms with Gasteiger partial charge in [-0.05, 0) is 34.4 Å². The molecule has 1 atom stereocenters. The van der Waals surface area contributed by atoms with Gasteiger partial charge in [-0.3, -0.25) is 4.98 Å². The van der Waals surface area contributed by atoms with Crippen molar-refractivity contribution in [1.29, 1.82) is 0 Å². The van der Waals surface area contributed by atoms with Crippen LogP contribution < -0.4 is 0 Å². The molecule has 2 aromatic rings. The van der Waals surface area contributed by atoms with Crippen LogP contribution in [0.2, 0.25) is 5.02 Å². The minimum atomic E-state index is -0.843. The third-order valence-corrected chi connectivity index (χ3v) is 3.70. The summed E-state index contributed by atoms with van der Waals surface area (Å²) >= 11 is 6.00. The lowest BCUT2D eigenvalue weighted by atomic mass is 9.97. The average molecular weight is 288 g/mol. The van der Waals surface area contributed by atoms with Gasteiger partial charge in [0, 0.05) is 12.6 Å². The predicted octanol–water partition coefficient (Wildman–Crippen LogP) is 2.84. The highest BCUT2D eigenvalue weighted by Gasteiger charge is 2.13. The Bertz CT molecular complexity index is 682. The van der Waals surface area contributed by atoms with Gasteiger partial charge in [0.2, 0.25) is 0 Å². The number of nitrogens with zero attached hydrogens (tertiary/aromatic N) is 1. The minimum absolute atomic E-state index is 0.279. The minimum Gasteiger partial charge on any atom is -0.393 e. The van der Waals surface area contributed by atoms with E-state index >= 15 is 0 Å². The topological polar surface area (TPSA) is 53.4 Å². The van der Waals surface area contributed by atoms with Gasteiger partial charge in [0.05, 0.1) is 17.3 Å². The smallest absolute Gasteiger partial charge is 0.102 e. The molecular weight excluding hydrogens is 274 g/mol. The van der Waals surface area contributed by atoms with E-state index in [1.807, 2.05) is 36.4 Å². The van der Waals surface area contributed by atoms with E-state index in [0.717, 1.165) is 27.9 Å². The first-order chi connectivity index (χ1) is 9.67. The molecule has 20 heavy (non-hydrogen) atoms. The van der Waals surface area contributed by atoms with Crippen LogP contribution in [-0.2, 0) is 6.42 Å². The van der Waals surface area contributed by atoms with Crippen molar-refractivity contribution in [2.24, 2.45) is 0 Å². The van der Waals surface area contributed by atoms with Crippen molar-refractivity contribution >= 4 is 23.8 Å². The summed E-state index contributed by atoms with van der Waals surface area (Å²) in [6.45, 7) is -0.279. The molecule has 1 aliphatic rings. The number of hydrogen-bond acceptors (Lipinski definition) is 3. The molecule has 1 aliphatic carbocycles. The molecule has 1 aromatic carbocycles. The van der Waals surface area contributed by atoms with E-state index in [-0.39, 0.29) is 6.61 Å². The van der Waals surface area contributed by atoms with Crippen molar-refractivity contribution in [3.8, 4) is 0 Å². The Morgan fingerprint density at radius 2 is 2.05 bits per heavy atom. The number of hydrogen-bond donors (Lipinski definition) is 2. The lowest BCUT2D eigenvalue weighted by Crippen LogP contribution is -2.04. The maximum Gasteiger partial charge on any atom is 0.102 e. The molecule has 0 bridgehead atoms. The number of aliphatic hydroxyl groups is 2. The van der Waals surface area contributed by atoms with E-state index in [1.165, 1.54) is 0 Å². The molecule has 0 radical (unpaired) electrons. The molecule has 0 aliphatic heterocycles. The molecule has 0 saturated heterocycles. The highest BCUT2D eigenvalue weighted by atomic mass is 35.5. The van der Waals surface area contributed by atoms with Gasteiger partial charge in [-0.1, -0.05) is 35.9 Å². The molecule has 0 amide bonds. The average Bonchev–Trinajstić information content (AvgIpc) is 2.64. The first-order valence-corrected chi connectivity index (χ1v) is 6.79. The van der Waals surface area contributed by atoms with Crippen LogP contribution in [-0.4, -0.2) is 21.8 Å². The predicted molar refractivity (Wildman–Crippen MR) is 79.5 cm³/mol. The van der Waals surface area contributed by atoms with Crippen molar-refractivity contribution in [1.82, 2.24) is 4.98 Å². The number of aliphatic hydroxyl groups excluding tert-OH is 2. The first kappa shape index (κ1) is 13.3. The second-order valence-electron chi connectivity index (χ2n) is 4.86. The number of halogens is 1. The zero-order chi connectivity index (χ0) is 14.1. The Labute approximate surface area is 122 Å². The summed E-state index contributed by atoms with van der Waals surface area (Å²) in [6, 6.07) is 7.63. The Balaban J connectivity index is 2.06. The monoisotopic (exact) mass is 287 g/mol. The van der Waals surface area contributed by atoms with Crippen LogP contribution in [0.25, 0.3) is 12.2 Å². The molecule has 0 saturated carbocycles. The molecule has 3 nitrogen and oxygen atoms in total. The van der Waals surface area contributed by atoms with Gasteiger partial charge in [0.1, 0.15) is 6.10 Å². The maximum atomic E-state index is 9.74. The lowest BCUT2D eigenvalue weighted by molar-refractivity contribution is 0.0955. The maximum absolute atomic E-state index is 9.74. The van der Waals surface area contributed by atoms with Crippen LogP contribution in [0.5, 0.6) is 0 Å². The van der Waals surface area contributed by atoms with Gasteiger partial charge < -0.3 is 10.2 Å². The quantitative estimate of drug-likeness (QED) is 0.762. The number of rotatable bonds is 2. The Morgan fingerprint density at radius 1 is 1.20 bits per heavy atom. The van der Waals surface area contributed by atoms with Crippen LogP contribution in [0.4, 0.5) is 0 Å². The fourth-order valence-electron chi connectivity index (χ4n) is 2.41. The summed E-state index contributed by atoms with van der Waals surface area (Å²) in [7, 11) is 0. The van der Waals surface area contributed by atoms with E-state index in [1.54, 1.807) is 6.20 Å². The molecule has 1 unspecified atom stereocenters. The van der Waals surface area contributed by atoms with Crippen LogP contribution in [0.3, 0.4) is 0 Å². The Morgan fingerprint density at radius 3 is 2.85 bits per heavy atom. The number of aromatic nitrogens is 1. The molecule has 3 rings (SSSR count). The Hall–Kier alpha value is -1.68. The molecule has 2 N–H and O–H groups in total. The fraction of sp³-hybridized carbons (Fsp3) is 0.188. The third-order valence-electron chi connectivity index (χ3n) is 3.49. The molecule has 4 heteroatoms. The number of pyridine rings is 1. The van der Waals surface area contributed by atoms with Crippen LogP contribution >= 0.6 is 11.6 Å². The fourth-order valence-corrected chi connectivity index (χ4v) is 2.59. The summed E-state index contributed by atoms with van der Waals surface area (Å²) in [5, 5.41) is 19.4. The zero-order valence-electron chi connectivity index (χ0n) is 10.8. The van der Waals surface area contributed by atoms with Crippen molar-refractivity contribution < 1.29 is 10.2 Å². The zero-order valence-corrected chi connectivity index (χ0v) is 11.5. The van der Waals surface area contributed by atoms with Gasteiger partial charge in [0.15, 0.2) is 0 Å². The normalized spacial score (nSPS) is 14.3.